The lowest BCUT2D eigenvalue weighted by Gasteiger charge is -2.34. The number of amides is 3. The number of nitrogens with zero attached hydrogens (tertiary/aromatic N) is 1. The maximum absolute atomic E-state index is 12.2. The van der Waals surface area contributed by atoms with Gasteiger partial charge in [0, 0.05) is 13.1 Å². The SMILES string of the molecule is NC(=O)C1CCCN(C(=O)NC2(C(=O)O)CCCC2)C1. The van der Waals surface area contributed by atoms with Gasteiger partial charge >= 0.3 is 12.0 Å². The molecule has 0 radical (unpaired) electrons. The Balaban J connectivity index is 2.00. The zero-order chi connectivity index (χ0) is 14.8. The zero-order valence-corrected chi connectivity index (χ0v) is 11.4. The standard InChI is InChI=1S/C13H21N3O4/c14-10(17)9-4-3-7-16(8-9)12(20)15-13(11(18)19)5-1-2-6-13/h9H,1-8H2,(H2,14,17)(H,15,20)(H,18,19). The predicted octanol–water partition coefficient (Wildman–Crippen LogP) is 0.291. The number of carbonyl (C=O) groups is 3. The van der Waals surface area contributed by atoms with E-state index < -0.39 is 23.4 Å². The van der Waals surface area contributed by atoms with Gasteiger partial charge in [-0.2, -0.15) is 0 Å². The van der Waals surface area contributed by atoms with Crippen molar-refractivity contribution in [3.8, 4) is 0 Å². The van der Waals surface area contributed by atoms with Crippen LogP contribution in [0.3, 0.4) is 0 Å². The third kappa shape index (κ3) is 2.86. The van der Waals surface area contributed by atoms with Crippen molar-refractivity contribution in [1.29, 1.82) is 0 Å². The Labute approximate surface area is 117 Å². The molecule has 4 N–H and O–H groups in total. The monoisotopic (exact) mass is 283 g/mol. The highest BCUT2D eigenvalue weighted by molar-refractivity contribution is 5.87. The summed E-state index contributed by atoms with van der Waals surface area (Å²) in [7, 11) is 0. The first-order valence-electron chi connectivity index (χ1n) is 7.04. The Bertz CT molecular complexity index is 418. The number of carboxylic acid groups (broad SMARTS) is 1. The lowest BCUT2D eigenvalue weighted by atomic mass is 9.96. The number of rotatable bonds is 3. The number of nitrogens with two attached hydrogens (primary N) is 1. The van der Waals surface area contributed by atoms with Gasteiger partial charge in [0.25, 0.3) is 0 Å². The van der Waals surface area contributed by atoms with Crippen molar-refractivity contribution in [2.24, 2.45) is 11.7 Å². The molecule has 20 heavy (non-hydrogen) atoms. The predicted molar refractivity (Wildman–Crippen MR) is 70.9 cm³/mol. The van der Waals surface area contributed by atoms with E-state index in [1.54, 1.807) is 0 Å². The van der Waals surface area contributed by atoms with Crippen molar-refractivity contribution in [3.05, 3.63) is 0 Å². The van der Waals surface area contributed by atoms with Gasteiger partial charge in [0.1, 0.15) is 5.54 Å². The van der Waals surface area contributed by atoms with Gasteiger partial charge in [0.05, 0.1) is 5.92 Å². The number of carbonyl (C=O) groups excluding carboxylic acids is 2. The Morgan fingerprint density at radius 2 is 1.85 bits per heavy atom. The molecule has 3 amide bonds. The summed E-state index contributed by atoms with van der Waals surface area (Å²) in [5.41, 5.74) is 4.13. The topological polar surface area (TPSA) is 113 Å². The van der Waals surface area contributed by atoms with Gasteiger partial charge in [0.15, 0.2) is 0 Å². The first kappa shape index (κ1) is 14.6. The minimum Gasteiger partial charge on any atom is -0.480 e. The molecule has 2 rings (SSSR count). The fourth-order valence-electron chi connectivity index (χ4n) is 3.05. The van der Waals surface area contributed by atoms with Crippen molar-refractivity contribution >= 4 is 17.9 Å². The molecule has 2 fully saturated rings. The second kappa shape index (κ2) is 5.68. The normalized spacial score (nSPS) is 25.2. The average molecular weight is 283 g/mol. The van der Waals surface area contributed by atoms with E-state index in [0.717, 1.165) is 12.8 Å². The van der Waals surface area contributed by atoms with Crippen LogP contribution in [-0.2, 0) is 9.59 Å². The number of nitrogens with one attached hydrogen (secondary N) is 1. The molecule has 1 aliphatic carbocycles. The van der Waals surface area contributed by atoms with Crippen LogP contribution >= 0.6 is 0 Å². The molecule has 0 aromatic carbocycles. The molecular formula is C13H21N3O4. The fraction of sp³-hybridized carbons (Fsp3) is 0.769. The summed E-state index contributed by atoms with van der Waals surface area (Å²) in [5, 5.41) is 12.0. The van der Waals surface area contributed by atoms with Crippen molar-refractivity contribution in [2.75, 3.05) is 13.1 Å². The Hall–Kier alpha value is -1.79. The number of hydrogen-bond acceptors (Lipinski definition) is 3. The Morgan fingerprint density at radius 3 is 2.40 bits per heavy atom. The van der Waals surface area contributed by atoms with Crippen LogP contribution < -0.4 is 11.1 Å². The fourth-order valence-corrected chi connectivity index (χ4v) is 3.05. The average Bonchev–Trinajstić information content (AvgIpc) is 2.88. The summed E-state index contributed by atoms with van der Waals surface area (Å²) in [6, 6.07) is -0.403. The van der Waals surface area contributed by atoms with Gasteiger partial charge in [-0.15, -0.1) is 0 Å². The van der Waals surface area contributed by atoms with Crippen LogP contribution in [-0.4, -0.2) is 46.5 Å². The van der Waals surface area contributed by atoms with E-state index >= 15 is 0 Å². The minimum atomic E-state index is -1.14. The second-order valence-electron chi connectivity index (χ2n) is 5.71. The molecule has 0 spiro atoms. The van der Waals surface area contributed by atoms with Gasteiger partial charge in [0.2, 0.25) is 5.91 Å². The van der Waals surface area contributed by atoms with Crippen molar-refractivity contribution in [2.45, 2.75) is 44.1 Å². The minimum absolute atomic E-state index is 0.275. The van der Waals surface area contributed by atoms with E-state index in [1.807, 2.05) is 0 Å². The van der Waals surface area contributed by atoms with Crippen LogP contribution in [0.1, 0.15) is 38.5 Å². The van der Waals surface area contributed by atoms with Crippen LogP contribution in [0.4, 0.5) is 4.79 Å². The van der Waals surface area contributed by atoms with Crippen molar-refractivity contribution < 1.29 is 19.5 Å². The quantitative estimate of drug-likeness (QED) is 0.691. The molecule has 0 bridgehead atoms. The summed E-state index contributed by atoms with van der Waals surface area (Å²) in [5.74, 6) is -1.72. The molecule has 1 unspecified atom stereocenters. The summed E-state index contributed by atoms with van der Waals surface area (Å²) >= 11 is 0. The number of hydrogen-bond donors (Lipinski definition) is 3. The summed E-state index contributed by atoms with van der Waals surface area (Å²) < 4.78 is 0. The van der Waals surface area contributed by atoms with E-state index in [-0.39, 0.29) is 12.5 Å². The number of carboxylic acids is 1. The van der Waals surface area contributed by atoms with Crippen LogP contribution in [0.15, 0.2) is 0 Å². The number of urea groups is 1. The molecule has 0 aromatic heterocycles. The van der Waals surface area contributed by atoms with E-state index in [0.29, 0.717) is 32.2 Å². The number of aliphatic carboxylic acids is 1. The van der Waals surface area contributed by atoms with Crippen molar-refractivity contribution in [1.82, 2.24) is 10.2 Å². The summed E-state index contributed by atoms with van der Waals surface area (Å²) in [6.45, 7) is 0.808. The van der Waals surface area contributed by atoms with Gasteiger partial charge in [-0.1, -0.05) is 12.8 Å². The molecule has 1 atom stereocenters. The number of primary amides is 1. The van der Waals surface area contributed by atoms with Crippen LogP contribution in [0.25, 0.3) is 0 Å². The molecule has 7 heteroatoms. The van der Waals surface area contributed by atoms with Gasteiger partial charge in [-0.3, -0.25) is 4.79 Å². The summed E-state index contributed by atoms with van der Waals surface area (Å²) in [4.78, 5) is 36.3. The number of likely N-dealkylation sites (tertiary alicyclic amines) is 1. The lowest BCUT2D eigenvalue weighted by Crippen LogP contribution is -2.58. The first-order chi connectivity index (χ1) is 9.44. The number of piperidine rings is 1. The van der Waals surface area contributed by atoms with E-state index in [9.17, 15) is 19.5 Å². The lowest BCUT2D eigenvalue weighted by molar-refractivity contribution is -0.144. The Morgan fingerprint density at radius 1 is 1.20 bits per heavy atom. The molecule has 1 heterocycles. The highest BCUT2D eigenvalue weighted by Gasteiger charge is 2.43. The second-order valence-corrected chi connectivity index (χ2v) is 5.71. The third-order valence-corrected chi connectivity index (χ3v) is 4.32. The highest BCUT2D eigenvalue weighted by Crippen LogP contribution is 2.30. The van der Waals surface area contributed by atoms with Gasteiger partial charge < -0.3 is 21.1 Å². The first-order valence-corrected chi connectivity index (χ1v) is 7.04. The molecule has 112 valence electrons. The molecule has 2 aliphatic rings. The molecule has 1 aliphatic heterocycles. The van der Waals surface area contributed by atoms with Crippen LogP contribution in [0.2, 0.25) is 0 Å². The van der Waals surface area contributed by atoms with E-state index in [1.165, 1.54) is 4.90 Å². The highest BCUT2D eigenvalue weighted by atomic mass is 16.4. The van der Waals surface area contributed by atoms with Crippen LogP contribution in [0.5, 0.6) is 0 Å². The molecule has 0 aromatic rings. The summed E-state index contributed by atoms with van der Waals surface area (Å²) in [6.07, 6.45) is 3.92. The molecule has 1 saturated heterocycles. The third-order valence-electron chi connectivity index (χ3n) is 4.32. The maximum Gasteiger partial charge on any atom is 0.329 e. The van der Waals surface area contributed by atoms with Gasteiger partial charge in [-0.05, 0) is 25.7 Å². The van der Waals surface area contributed by atoms with Crippen molar-refractivity contribution in [3.63, 3.8) is 0 Å². The Kier molecular flexibility index (Phi) is 4.15. The van der Waals surface area contributed by atoms with E-state index in [4.69, 9.17) is 5.73 Å². The van der Waals surface area contributed by atoms with E-state index in [2.05, 4.69) is 5.32 Å². The zero-order valence-electron chi connectivity index (χ0n) is 11.4. The van der Waals surface area contributed by atoms with Crippen LogP contribution in [0, 0.1) is 5.92 Å². The smallest absolute Gasteiger partial charge is 0.329 e. The maximum atomic E-state index is 12.2. The molecule has 1 saturated carbocycles. The molecular weight excluding hydrogens is 262 g/mol. The van der Waals surface area contributed by atoms with Gasteiger partial charge in [-0.25, -0.2) is 9.59 Å². The molecule has 7 nitrogen and oxygen atoms in total. The largest absolute Gasteiger partial charge is 0.480 e.